The molecule has 3 N–H and O–H groups in total. The van der Waals surface area contributed by atoms with Gasteiger partial charge in [-0.15, -0.1) is 0 Å². The summed E-state index contributed by atoms with van der Waals surface area (Å²) in [6, 6.07) is 3.35. The summed E-state index contributed by atoms with van der Waals surface area (Å²) < 4.78 is 0. The number of hydrogen-bond acceptors (Lipinski definition) is 3. The highest BCUT2D eigenvalue weighted by Crippen LogP contribution is 2.34. The molecule has 1 amide bonds. The van der Waals surface area contributed by atoms with E-state index in [0.717, 1.165) is 19.3 Å². The monoisotopic (exact) mass is 206 g/mol. The van der Waals surface area contributed by atoms with E-state index in [1.165, 1.54) is 0 Å². The average Bonchev–Trinajstić information content (AvgIpc) is 2.64. The van der Waals surface area contributed by atoms with Crippen LogP contribution in [0.4, 0.5) is 0 Å². The summed E-state index contributed by atoms with van der Waals surface area (Å²) in [5, 5.41) is 9.76. The second-order valence-corrected chi connectivity index (χ2v) is 3.91. The molecule has 1 aromatic rings. The van der Waals surface area contributed by atoms with E-state index in [2.05, 4.69) is 4.98 Å². The number of aliphatic hydroxyl groups is 1. The molecule has 1 aromatic heterocycles. The molecule has 80 valence electrons. The third-order valence-electron chi connectivity index (χ3n) is 2.93. The highest BCUT2D eigenvalue weighted by Gasteiger charge is 2.30. The molecule has 0 radical (unpaired) electrons. The fourth-order valence-electron chi connectivity index (χ4n) is 2.18. The van der Waals surface area contributed by atoms with Crippen molar-refractivity contribution in [2.45, 2.75) is 31.3 Å². The van der Waals surface area contributed by atoms with Gasteiger partial charge in [-0.2, -0.15) is 0 Å². The standard InChI is InChI=1S/C11H14N2O2/c12-11(15)8-4-2-6-13-10(8)7-3-1-5-9(7)14/h2,4,6-7,9,14H,1,3,5H2,(H2,12,15). The van der Waals surface area contributed by atoms with E-state index in [0.29, 0.717) is 11.3 Å². The first-order chi connectivity index (χ1) is 7.20. The van der Waals surface area contributed by atoms with Crippen LogP contribution in [0.15, 0.2) is 18.3 Å². The lowest BCUT2D eigenvalue weighted by Crippen LogP contribution is -2.20. The van der Waals surface area contributed by atoms with Crippen LogP contribution in [0, 0.1) is 0 Å². The SMILES string of the molecule is NC(=O)c1cccnc1C1CCCC1O. The average molecular weight is 206 g/mol. The van der Waals surface area contributed by atoms with Gasteiger partial charge in [0.15, 0.2) is 0 Å². The maximum Gasteiger partial charge on any atom is 0.250 e. The summed E-state index contributed by atoms with van der Waals surface area (Å²) in [6.45, 7) is 0. The summed E-state index contributed by atoms with van der Waals surface area (Å²) >= 11 is 0. The Hall–Kier alpha value is -1.42. The number of carbonyl (C=O) groups is 1. The summed E-state index contributed by atoms with van der Waals surface area (Å²) in [5.74, 6) is -0.508. The molecule has 0 bridgehead atoms. The molecule has 1 fully saturated rings. The zero-order chi connectivity index (χ0) is 10.8. The van der Waals surface area contributed by atoms with Crippen molar-refractivity contribution in [3.63, 3.8) is 0 Å². The molecular formula is C11H14N2O2. The van der Waals surface area contributed by atoms with Crippen LogP contribution in [0.2, 0.25) is 0 Å². The van der Waals surface area contributed by atoms with Gasteiger partial charge in [0.25, 0.3) is 5.91 Å². The number of carbonyl (C=O) groups excluding carboxylic acids is 1. The largest absolute Gasteiger partial charge is 0.392 e. The number of hydrogen-bond donors (Lipinski definition) is 2. The third-order valence-corrected chi connectivity index (χ3v) is 2.93. The second-order valence-electron chi connectivity index (χ2n) is 3.91. The minimum absolute atomic E-state index is 0.0336. The van der Waals surface area contributed by atoms with Gasteiger partial charge in [0.1, 0.15) is 0 Å². The first-order valence-electron chi connectivity index (χ1n) is 5.13. The van der Waals surface area contributed by atoms with Gasteiger partial charge in [-0.25, -0.2) is 0 Å². The van der Waals surface area contributed by atoms with Crippen molar-refractivity contribution in [1.82, 2.24) is 4.98 Å². The summed E-state index contributed by atoms with van der Waals surface area (Å²) in [5.41, 5.74) is 6.35. The first-order valence-corrected chi connectivity index (χ1v) is 5.13. The van der Waals surface area contributed by atoms with Crippen LogP contribution in [0.1, 0.15) is 41.2 Å². The molecule has 4 heteroatoms. The smallest absolute Gasteiger partial charge is 0.250 e. The van der Waals surface area contributed by atoms with Crippen molar-refractivity contribution in [3.05, 3.63) is 29.6 Å². The van der Waals surface area contributed by atoms with Crippen LogP contribution in [-0.2, 0) is 0 Å². The van der Waals surface area contributed by atoms with Gasteiger partial charge in [0.2, 0.25) is 0 Å². The molecule has 1 heterocycles. The topological polar surface area (TPSA) is 76.2 Å². The van der Waals surface area contributed by atoms with Crippen LogP contribution in [-0.4, -0.2) is 22.1 Å². The van der Waals surface area contributed by atoms with Gasteiger partial charge in [0, 0.05) is 12.1 Å². The Balaban J connectivity index is 2.38. The molecular weight excluding hydrogens is 192 g/mol. The zero-order valence-corrected chi connectivity index (χ0v) is 8.39. The van der Waals surface area contributed by atoms with Crippen molar-refractivity contribution in [1.29, 1.82) is 0 Å². The van der Waals surface area contributed by atoms with Crippen LogP contribution < -0.4 is 5.73 Å². The summed E-state index contributed by atoms with van der Waals surface area (Å²) in [7, 11) is 0. The van der Waals surface area contributed by atoms with Crippen LogP contribution in [0.25, 0.3) is 0 Å². The highest BCUT2D eigenvalue weighted by atomic mass is 16.3. The normalized spacial score (nSPS) is 25.4. The molecule has 2 unspecified atom stereocenters. The van der Waals surface area contributed by atoms with Crippen LogP contribution in [0.3, 0.4) is 0 Å². The Morgan fingerprint density at radius 1 is 1.53 bits per heavy atom. The Morgan fingerprint density at radius 2 is 2.33 bits per heavy atom. The highest BCUT2D eigenvalue weighted by molar-refractivity contribution is 5.94. The quantitative estimate of drug-likeness (QED) is 0.751. The van der Waals surface area contributed by atoms with Crippen LogP contribution in [0.5, 0.6) is 0 Å². The van der Waals surface area contributed by atoms with E-state index in [9.17, 15) is 9.90 Å². The van der Waals surface area contributed by atoms with Gasteiger partial charge in [-0.05, 0) is 25.0 Å². The molecule has 2 rings (SSSR count). The third kappa shape index (κ3) is 1.85. The van der Waals surface area contributed by atoms with Crippen LogP contribution >= 0.6 is 0 Å². The Kier molecular flexibility index (Phi) is 2.68. The van der Waals surface area contributed by atoms with Crippen molar-refractivity contribution in [2.24, 2.45) is 5.73 Å². The fraction of sp³-hybridized carbons (Fsp3) is 0.455. The van der Waals surface area contributed by atoms with Gasteiger partial charge < -0.3 is 10.8 Å². The number of primary amides is 1. The molecule has 1 aliphatic carbocycles. The Bertz CT molecular complexity index is 379. The number of rotatable bonds is 2. The van der Waals surface area contributed by atoms with E-state index in [-0.39, 0.29) is 5.92 Å². The Labute approximate surface area is 88.1 Å². The predicted molar refractivity (Wildman–Crippen MR) is 55.4 cm³/mol. The molecule has 1 aliphatic rings. The number of nitrogens with zero attached hydrogens (tertiary/aromatic N) is 1. The van der Waals surface area contributed by atoms with E-state index >= 15 is 0 Å². The minimum atomic E-state index is -0.475. The van der Waals surface area contributed by atoms with E-state index in [1.807, 2.05) is 0 Å². The van der Waals surface area contributed by atoms with Gasteiger partial charge in [-0.3, -0.25) is 9.78 Å². The molecule has 0 aromatic carbocycles. The maximum atomic E-state index is 11.2. The molecule has 0 aliphatic heterocycles. The van der Waals surface area contributed by atoms with Crippen molar-refractivity contribution < 1.29 is 9.90 Å². The summed E-state index contributed by atoms with van der Waals surface area (Å²) in [6.07, 6.45) is 3.86. The van der Waals surface area contributed by atoms with Gasteiger partial charge in [0.05, 0.1) is 17.4 Å². The van der Waals surface area contributed by atoms with E-state index in [1.54, 1.807) is 18.3 Å². The predicted octanol–water partition coefficient (Wildman–Crippen LogP) is 0.809. The number of aromatic nitrogens is 1. The lowest BCUT2D eigenvalue weighted by Gasteiger charge is -2.15. The minimum Gasteiger partial charge on any atom is -0.392 e. The van der Waals surface area contributed by atoms with E-state index < -0.39 is 12.0 Å². The molecule has 1 saturated carbocycles. The number of pyridine rings is 1. The van der Waals surface area contributed by atoms with Gasteiger partial charge in [-0.1, -0.05) is 6.42 Å². The molecule has 2 atom stereocenters. The van der Waals surface area contributed by atoms with Crippen molar-refractivity contribution in [3.8, 4) is 0 Å². The van der Waals surface area contributed by atoms with Gasteiger partial charge >= 0.3 is 0 Å². The summed E-state index contributed by atoms with van der Waals surface area (Å²) in [4.78, 5) is 15.4. The molecule has 4 nitrogen and oxygen atoms in total. The maximum absolute atomic E-state index is 11.2. The number of aliphatic hydroxyl groups excluding tert-OH is 1. The fourth-order valence-corrected chi connectivity index (χ4v) is 2.18. The lowest BCUT2D eigenvalue weighted by molar-refractivity contribution is 0.0996. The van der Waals surface area contributed by atoms with E-state index in [4.69, 9.17) is 5.73 Å². The number of nitrogens with two attached hydrogens (primary N) is 1. The number of amides is 1. The van der Waals surface area contributed by atoms with Crippen molar-refractivity contribution >= 4 is 5.91 Å². The Morgan fingerprint density at radius 3 is 2.93 bits per heavy atom. The second kappa shape index (κ2) is 3.98. The zero-order valence-electron chi connectivity index (χ0n) is 8.39. The molecule has 0 saturated heterocycles. The van der Waals surface area contributed by atoms with Crippen molar-refractivity contribution in [2.75, 3.05) is 0 Å². The molecule has 15 heavy (non-hydrogen) atoms. The lowest BCUT2D eigenvalue weighted by atomic mass is 9.96. The molecule has 0 spiro atoms. The first kappa shape index (κ1) is 10.1.